The van der Waals surface area contributed by atoms with Crippen LogP contribution < -0.4 is 0 Å². The van der Waals surface area contributed by atoms with Crippen LogP contribution in [0.1, 0.15) is 22.5 Å². The summed E-state index contributed by atoms with van der Waals surface area (Å²) in [5, 5.41) is 0. The van der Waals surface area contributed by atoms with E-state index in [2.05, 4.69) is 42.1 Å². The fourth-order valence-electron chi connectivity index (χ4n) is 2.28. The Morgan fingerprint density at radius 1 is 0.792 bits per heavy atom. The van der Waals surface area contributed by atoms with Gasteiger partial charge in [0.2, 0.25) is 0 Å². The number of hydrogen-bond donors (Lipinski definition) is 2. The molecular weight excluding hydrogens is 300 g/mol. The van der Waals surface area contributed by atoms with Gasteiger partial charge in [0.25, 0.3) is 0 Å². The molecule has 0 bridgehead atoms. The molecule has 0 radical (unpaired) electrons. The van der Waals surface area contributed by atoms with E-state index in [-0.39, 0.29) is 0 Å². The number of rotatable bonds is 8. The Morgan fingerprint density at radius 3 is 1.71 bits per heavy atom. The number of benzene rings is 1. The average molecular weight is 320 g/mol. The summed E-state index contributed by atoms with van der Waals surface area (Å²) >= 11 is 0. The first-order valence-electron chi connectivity index (χ1n) is 7.95. The van der Waals surface area contributed by atoms with Gasteiger partial charge in [-0.25, -0.2) is 9.97 Å². The SMILES string of the molecule is C(=NCCc1cnc[nH]1)c1ccccc1C=NCCc1cnc[nH]1. The summed E-state index contributed by atoms with van der Waals surface area (Å²) in [5.74, 6) is 0. The smallest absolute Gasteiger partial charge is 0.0921 e. The molecule has 0 aliphatic rings. The van der Waals surface area contributed by atoms with E-state index in [1.807, 2.05) is 37.0 Å². The van der Waals surface area contributed by atoms with Crippen LogP contribution in [0.25, 0.3) is 0 Å². The lowest BCUT2D eigenvalue weighted by atomic mass is 10.1. The molecule has 2 aromatic heterocycles. The van der Waals surface area contributed by atoms with Crippen LogP contribution in [-0.4, -0.2) is 45.5 Å². The van der Waals surface area contributed by atoms with E-state index in [1.165, 1.54) is 0 Å². The zero-order chi connectivity index (χ0) is 16.5. The normalized spacial score (nSPS) is 11.7. The van der Waals surface area contributed by atoms with Gasteiger partial charge in [0.15, 0.2) is 0 Å². The van der Waals surface area contributed by atoms with Crippen LogP contribution in [0.3, 0.4) is 0 Å². The van der Waals surface area contributed by atoms with Crippen LogP contribution in [0.2, 0.25) is 0 Å². The molecule has 6 heteroatoms. The highest BCUT2D eigenvalue weighted by molar-refractivity contribution is 5.94. The fourth-order valence-corrected chi connectivity index (χ4v) is 2.28. The Morgan fingerprint density at radius 2 is 1.29 bits per heavy atom. The summed E-state index contributed by atoms with van der Waals surface area (Å²) in [5.41, 5.74) is 4.35. The molecule has 24 heavy (non-hydrogen) atoms. The molecule has 0 unspecified atom stereocenters. The van der Waals surface area contributed by atoms with E-state index in [0.29, 0.717) is 0 Å². The minimum Gasteiger partial charge on any atom is -0.348 e. The Balaban J connectivity index is 1.53. The number of aliphatic imine (C=N–C) groups is 2. The minimum absolute atomic E-state index is 0.730. The third kappa shape index (κ3) is 4.74. The quantitative estimate of drug-likeness (QED) is 0.625. The lowest BCUT2D eigenvalue weighted by molar-refractivity contribution is 0.938. The molecule has 0 saturated heterocycles. The van der Waals surface area contributed by atoms with E-state index < -0.39 is 0 Å². The maximum absolute atomic E-state index is 4.50. The van der Waals surface area contributed by atoms with E-state index in [4.69, 9.17) is 0 Å². The van der Waals surface area contributed by atoms with Gasteiger partial charge in [0, 0.05) is 73.3 Å². The molecule has 122 valence electrons. The van der Waals surface area contributed by atoms with Gasteiger partial charge in [0.1, 0.15) is 0 Å². The van der Waals surface area contributed by atoms with Crippen molar-refractivity contribution in [2.24, 2.45) is 9.98 Å². The number of imidazole rings is 2. The molecular formula is C18H20N6. The van der Waals surface area contributed by atoms with Gasteiger partial charge in [-0.15, -0.1) is 0 Å². The van der Waals surface area contributed by atoms with Crippen molar-refractivity contribution >= 4 is 12.4 Å². The number of H-pyrrole nitrogens is 2. The maximum atomic E-state index is 4.50. The summed E-state index contributed by atoms with van der Waals surface area (Å²) in [6.45, 7) is 1.46. The van der Waals surface area contributed by atoms with Crippen LogP contribution in [0, 0.1) is 0 Å². The molecule has 0 atom stereocenters. The summed E-state index contributed by atoms with van der Waals surface area (Å²) in [7, 11) is 0. The molecule has 3 aromatic rings. The van der Waals surface area contributed by atoms with Gasteiger partial charge in [-0.3, -0.25) is 9.98 Å². The fraction of sp³-hybridized carbons (Fsp3) is 0.222. The molecule has 0 aliphatic heterocycles. The highest BCUT2D eigenvalue weighted by atomic mass is 14.9. The Bertz CT molecular complexity index is 704. The van der Waals surface area contributed by atoms with Crippen molar-refractivity contribution in [3.8, 4) is 0 Å². The lowest BCUT2D eigenvalue weighted by Crippen LogP contribution is -1.96. The second kappa shape index (κ2) is 8.57. The van der Waals surface area contributed by atoms with Gasteiger partial charge in [-0.2, -0.15) is 0 Å². The highest BCUT2D eigenvalue weighted by Gasteiger charge is 1.97. The van der Waals surface area contributed by atoms with E-state index in [9.17, 15) is 0 Å². The van der Waals surface area contributed by atoms with Crippen molar-refractivity contribution in [2.45, 2.75) is 12.8 Å². The van der Waals surface area contributed by atoms with E-state index >= 15 is 0 Å². The number of aromatic nitrogens is 4. The molecule has 2 heterocycles. The van der Waals surface area contributed by atoms with Crippen LogP contribution >= 0.6 is 0 Å². The van der Waals surface area contributed by atoms with Crippen molar-refractivity contribution in [1.29, 1.82) is 0 Å². The summed E-state index contributed by atoms with van der Waals surface area (Å²) in [6.07, 6.45) is 12.6. The number of nitrogens with zero attached hydrogens (tertiary/aromatic N) is 4. The molecule has 3 rings (SSSR count). The average Bonchev–Trinajstić information content (AvgIpc) is 3.30. The molecule has 0 amide bonds. The van der Waals surface area contributed by atoms with Crippen molar-refractivity contribution < 1.29 is 0 Å². The molecule has 0 saturated carbocycles. The third-order valence-electron chi connectivity index (χ3n) is 3.59. The second-order valence-corrected chi connectivity index (χ2v) is 5.35. The predicted molar refractivity (Wildman–Crippen MR) is 95.9 cm³/mol. The standard InChI is InChI=1S/C18H20N6/c1-2-4-16(10-20-8-6-18-12-22-14-24-18)15(3-1)9-19-7-5-17-11-21-13-23-17/h1-4,9-14H,5-8H2,(H,21,23)(H,22,24). The largest absolute Gasteiger partial charge is 0.348 e. The van der Waals surface area contributed by atoms with Gasteiger partial charge in [-0.05, 0) is 0 Å². The van der Waals surface area contributed by atoms with Crippen molar-refractivity contribution in [2.75, 3.05) is 13.1 Å². The zero-order valence-electron chi connectivity index (χ0n) is 13.4. The van der Waals surface area contributed by atoms with Crippen molar-refractivity contribution in [1.82, 2.24) is 19.9 Å². The zero-order valence-corrected chi connectivity index (χ0v) is 13.4. The first kappa shape index (κ1) is 15.9. The first-order chi connectivity index (χ1) is 11.9. The van der Waals surface area contributed by atoms with E-state index in [0.717, 1.165) is 48.4 Å². The Hall–Kier alpha value is -3.02. The topological polar surface area (TPSA) is 82.1 Å². The maximum Gasteiger partial charge on any atom is 0.0921 e. The highest BCUT2D eigenvalue weighted by Crippen LogP contribution is 2.04. The number of aromatic amines is 2. The van der Waals surface area contributed by atoms with Gasteiger partial charge < -0.3 is 9.97 Å². The second-order valence-electron chi connectivity index (χ2n) is 5.35. The third-order valence-corrected chi connectivity index (χ3v) is 3.59. The van der Waals surface area contributed by atoms with Crippen molar-refractivity contribution in [3.05, 3.63) is 71.8 Å². The van der Waals surface area contributed by atoms with Gasteiger partial charge in [-0.1, -0.05) is 24.3 Å². The molecule has 0 spiro atoms. The number of hydrogen-bond acceptors (Lipinski definition) is 4. The molecule has 0 fully saturated rings. The molecule has 0 aliphatic carbocycles. The minimum atomic E-state index is 0.730. The van der Waals surface area contributed by atoms with Gasteiger partial charge >= 0.3 is 0 Å². The van der Waals surface area contributed by atoms with Crippen LogP contribution in [0.5, 0.6) is 0 Å². The summed E-state index contributed by atoms with van der Waals surface area (Å²) in [4.78, 5) is 23.2. The summed E-state index contributed by atoms with van der Waals surface area (Å²) in [6, 6.07) is 8.13. The first-order valence-corrected chi connectivity index (χ1v) is 7.95. The van der Waals surface area contributed by atoms with Gasteiger partial charge in [0.05, 0.1) is 12.7 Å². The molecule has 2 N–H and O–H groups in total. The Kier molecular flexibility index (Phi) is 5.66. The van der Waals surface area contributed by atoms with E-state index in [1.54, 1.807) is 12.7 Å². The summed E-state index contributed by atoms with van der Waals surface area (Å²) < 4.78 is 0. The van der Waals surface area contributed by atoms with Crippen LogP contribution in [-0.2, 0) is 12.8 Å². The monoisotopic (exact) mass is 320 g/mol. The van der Waals surface area contributed by atoms with Crippen LogP contribution in [0.15, 0.2) is 59.3 Å². The lowest BCUT2D eigenvalue weighted by Gasteiger charge is -2.00. The van der Waals surface area contributed by atoms with Crippen LogP contribution in [0.4, 0.5) is 0 Å². The molecule has 6 nitrogen and oxygen atoms in total. The Labute approximate surface area is 140 Å². The number of nitrogens with one attached hydrogen (secondary N) is 2. The van der Waals surface area contributed by atoms with Crippen molar-refractivity contribution in [3.63, 3.8) is 0 Å². The molecule has 1 aromatic carbocycles. The predicted octanol–water partition coefficient (Wildman–Crippen LogP) is 2.46.